The quantitative estimate of drug-likeness (QED) is 0.915. The molecule has 0 fully saturated rings. The van der Waals surface area contributed by atoms with Crippen LogP contribution in [0.25, 0.3) is 0 Å². The van der Waals surface area contributed by atoms with E-state index >= 15 is 0 Å². The molecule has 94 valence electrons. The van der Waals surface area contributed by atoms with Crippen molar-refractivity contribution in [3.05, 3.63) is 40.9 Å². The van der Waals surface area contributed by atoms with Gasteiger partial charge in [0.15, 0.2) is 5.13 Å². The molecule has 2 heterocycles. The molecule has 0 saturated heterocycles. The first-order chi connectivity index (χ1) is 8.88. The molecule has 0 unspecified atom stereocenters. The van der Waals surface area contributed by atoms with Crippen molar-refractivity contribution >= 4 is 22.2 Å². The third-order valence-corrected chi connectivity index (χ3v) is 4.23. The van der Waals surface area contributed by atoms with E-state index in [9.17, 15) is 0 Å². The first kappa shape index (κ1) is 11.7. The Balaban J connectivity index is 1.82. The van der Waals surface area contributed by atoms with Gasteiger partial charge in [0.05, 0.1) is 0 Å². The Bertz CT molecular complexity index is 535. The summed E-state index contributed by atoms with van der Waals surface area (Å²) >= 11 is 1.79. The van der Waals surface area contributed by atoms with Crippen LogP contribution in [0, 0.1) is 0 Å². The number of thiazole rings is 1. The number of benzene rings is 1. The fourth-order valence-electron chi connectivity index (χ4n) is 2.29. The van der Waals surface area contributed by atoms with Crippen LogP contribution in [0.1, 0.15) is 17.4 Å². The van der Waals surface area contributed by atoms with Crippen LogP contribution in [0.3, 0.4) is 0 Å². The number of anilines is 2. The maximum atomic E-state index is 4.55. The molecular weight excluding hydrogens is 242 g/mol. The summed E-state index contributed by atoms with van der Waals surface area (Å²) in [6.07, 6.45) is 3.11. The number of nitrogens with zero attached hydrogens (tertiary/aromatic N) is 2. The molecule has 1 aliphatic heterocycles. The van der Waals surface area contributed by atoms with Gasteiger partial charge in [0.25, 0.3) is 0 Å². The second kappa shape index (κ2) is 5.08. The van der Waals surface area contributed by atoms with E-state index in [0.717, 1.165) is 31.2 Å². The molecule has 1 N–H and O–H groups in total. The van der Waals surface area contributed by atoms with Crippen LogP contribution in [0.15, 0.2) is 30.5 Å². The van der Waals surface area contributed by atoms with Crippen LogP contribution in [-0.4, -0.2) is 18.1 Å². The molecule has 0 radical (unpaired) electrons. The van der Waals surface area contributed by atoms with Gasteiger partial charge in [-0.1, -0.05) is 25.1 Å². The van der Waals surface area contributed by atoms with Gasteiger partial charge in [-0.25, -0.2) is 4.98 Å². The highest BCUT2D eigenvalue weighted by atomic mass is 32.1. The van der Waals surface area contributed by atoms with Crippen molar-refractivity contribution in [2.45, 2.75) is 19.9 Å². The van der Waals surface area contributed by atoms with E-state index in [-0.39, 0.29) is 0 Å². The molecule has 3 nitrogen and oxygen atoms in total. The van der Waals surface area contributed by atoms with E-state index < -0.39 is 0 Å². The van der Waals surface area contributed by atoms with Gasteiger partial charge in [-0.15, -0.1) is 11.3 Å². The normalized spacial score (nSPS) is 13.9. The average molecular weight is 259 g/mol. The van der Waals surface area contributed by atoms with Crippen molar-refractivity contribution in [2.24, 2.45) is 0 Å². The molecular formula is C14H17N3S. The van der Waals surface area contributed by atoms with Gasteiger partial charge >= 0.3 is 0 Å². The zero-order valence-electron chi connectivity index (χ0n) is 10.5. The molecule has 0 spiro atoms. The zero-order chi connectivity index (χ0) is 12.4. The number of fused-ring (bicyclic) bond motifs is 1. The van der Waals surface area contributed by atoms with Crippen LogP contribution >= 0.6 is 11.3 Å². The van der Waals surface area contributed by atoms with E-state index in [4.69, 9.17) is 0 Å². The topological polar surface area (TPSA) is 28.2 Å². The van der Waals surface area contributed by atoms with Crippen molar-refractivity contribution in [1.29, 1.82) is 0 Å². The Hall–Kier alpha value is -1.39. The maximum absolute atomic E-state index is 4.55. The predicted octanol–water partition coefficient (Wildman–Crippen LogP) is 2.95. The van der Waals surface area contributed by atoms with Gasteiger partial charge < -0.3 is 10.2 Å². The Morgan fingerprint density at radius 1 is 1.39 bits per heavy atom. The molecule has 2 aromatic rings. The van der Waals surface area contributed by atoms with Crippen molar-refractivity contribution in [3.8, 4) is 0 Å². The minimum absolute atomic E-state index is 0.920. The van der Waals surface area contributed by atoms with E-state index in [2.05, 4.69) is 46.4 Å². The molecule has 0 bridgehead atoms. The number of hydrogen-bond donors (Lipinski definition) is 1. The molecule has 0 atom stereocenters. The summed E-state index contributed by atoms with van der Waals surface area (Å²) < 4.78 is 0. The van der Waals surface area contributed by atoms with Crippen molar-refractivity contribution in [3.63, 3.8) is 0 Å². The summed E-state index contributed by atoms with van der Waals surface area (Å²) in [6.45, 7) is 5.09. The van der Waals surface area contributed by atoms with Gasteiger partial charge in [-0.05, 0) is 24.6 Å². The van der Waals surface area contributed by atoms with Crippen LogP contribution in [-0.2, 0) is 13.0 Å². The third kappa shape index (κ3) is 2.13. The SMILES string of the molecule is CCNCc1cnc(N2CCc3ccccc32)s1. The van der Waals surface area contributed by atoms with E-state index in [1.54, 1.807) is 11.3 Å². The summed E-state index contributed by atoms with van der Waals surface area (Å²) in [4.78, 5) is 8.19. The predicted molar refractivity (Wildman–Crippen MR) is 76.6 cm³/mol. The van der Waals surface area contributed by atoms with E-state index in [0.29, 0.717) is 0 Å². The van der Waals surface area contributed by atoms with Crippen molar-refractivity contribution in [2.75, 3.05) is 18.0 Å². The standard InChI is InChI=1S/C14H17N3S/c1-2-15-9-12-10-16-14(18-12)17-8-7-11-5-3-4-6-13(11)17/h3-6,10,15H,2,7-9H2,1H3. The highest BCUT2D eigenvalue weighted by Crippen LogP contribution is 2.36. The van der Waals surface area contributed by atoms with Gasteiger partial charge in [-0.3, -0.25) is 0 Å². The molecule has 1 aliphatic rings. The van der Waals surface area contributed by atoms with Crippen LogP contribution < -0.4 is 10.2 Å². The van der Waals surface area contributed by atoms with Crippen LogP contribution in [0.4, 0.5) is 10.8 Å². The number of aromatic nitrogens is 1. The van der Waals surface area contributed by atoms with E-state index in [1.165, 1.54) is 16.1 Å². The summed E-state index contributed by atoms with van der Waals surface area (Å²) in [5.74, 6) is 0. The molecule has 0 aliphatic carbocycles. The zero-order valence-corrected chi connectivity index (χ0v) is 11.3. The Morgan fingerprint density at radius 3 is 3.17 bits per heavy atom. The maximum Gasteiger partial charge on any atom is 0.190 e. The number of nitrogens with one attached hydrogen (secondary N) is 1. The fourth-order valence-corrected chi connectivity index (χ4v) is 3.21. The summed E-state index contributed by atoms with van der Waals surface area (Å²) in [7, 11) is 0. The first-order valence-electron chi connectivity index (χ1n) is 6.39. The number of para-hydroxylation sites is 1. The lowest BCUT2D eigenvalue weighted by Crippen LogP contribution is -2.12. The lowest BCUT2D eigenvalue weighted by molar-refractivity contribution is 0.734. The summed E-state index contributed by atoms with van der Waals surface area (Å²) in [5.41, 5.74) is 2.75. The molecule has 0 saturated carbocycles. The van der Waals surface area contributed by atoms with Gasteiger partial charge in [-0.2, -0.15) is 0 Å². The van der Waals surface area contributed by atoms with Crippen LogP contribution in [0.2, 0.25) is 0 Å². The molecule has 1 aromatic carbocycles. The highest BCUT2D eigenvalue weighted by Gasteiger charge is 2.21. The molecule has 4 heteroatoms. The monoisotopic (exact) mass is 259 g/mol. The summed E-state index contributed by atoms with van der Waals surface area (Å²) in [5, 5.41) is 4.46. The number of hydrogen-bond acceptors (Lipinski definition) is 4. The van der Waals surface area contributed by atoms with Crippen LogP contribution in [0.5, 0.6) is 0 Å². The third-order valence-electron chi connectivity index (χ3n) is 3.21. The summed E-state index contributed by atoms with van der Waals surface area (Å²) in [6, 6.07) is 8.61. The lowest BCUT2D eigenvalue weighted by atomic mass is 10.2. The van der Waals surface area contributed by atoms with E-state index in [1.807, 2.05) is 6.20 Å². The number of rotatable bonds is 4. The second-order valence-corrected chi connectivity index (χ2v) is 5.51. The molecule has 1 aromatic heterocycles. The van der Waals surface area contributed by atoms with Gasteiger partial charge in [0, 0.05) is 29.9 Å². The first-order valence-corrected chi connectivity index (χ1v) is 7.21. The van der Waals surface area contributed by atoms with Crippen molar-refractivity contribution < 1.29 is 0 Å². The van der Waals surface area contributed by atoms with Gasteiger partial charge in [0.2, 0.25) is 0 Å². The molecule has 0 amide bonds. The largest absolute Gasteiger partial charge is 0.317 e. The lowest BCUT2D eigenvalue weighted by Gasteiger charge is -2.15. The van der Waals surface area contributed by atoms with Gasteiger partial charge in [0.1, 0.15) is 0 Å². The minimum atomic E-state index is 0.920. The fraction of sp³-hybridized carbons (Fsp3) is 0.357. The Labute approximate surface area is 111 Å². The Morgan fingerprint density at radius 2 is 2.28 bits per heavy atom. The molecule has 3 rings (SSSR count). The highest BCUT2D eigenvalue weighted by molar-refractivity contribution is 7.15. The van der Waals surface area contributed by atoms with Crippen molar-refractivity contribution in [1.82, 2.24) is 10.3 Å². The second-order valence-electron chi connectivity index (χ2n) is 4.42. The minimum Gasteiger partial charge on any atom is -0.317 e. The smallest absolute Gasteiger partial charge is 0.190 e. The Kier molecular flexibility index (Phi) is 3.30. The average Bonchev–Trinajstić information content (AvgIpc) is 3.02. The molecule has 18 heavy (non-hydrogen) atoms.